The van der Waals surface area contributed by atoms with Crippen LogP contribution in [0.1, 0.15) is 31.5 Å². The van der Waals surface area contributed by atoms with Crippen LogP contribution < -0.4 is 10.6 Å². The fourth-order valence-electron chi connectivity index (χ4n) is 3.32. The maximum Gasteiger partial charge on any atom is 0.261 e. The Labute approximate surface area is 139 Å². The van der Waals surface area contributed by atoms with E-state index in [1.165, 1.54) is 16.1 Å². The Hall–Kier alpha value is -1.70. The molecule has 6 nitrogen and oxygen atoms in total. The predicted molar refractivity (Wildman–Crippen MR) is 89.5 cm³/mol. The largest absolute Gasteiger partial charge is 0.354 e. The number of hydrogen-bond acceptors (Lipinski definition) is 5. The molecule has 2 aromatic rings. The Morgan fingerprint density at radius 2 is 2.35 bits per heavy atom. The number of thiophene rings is 1. The monoisotopic (exact) mass is 331 g/mol. The van der Waals surface area contributed by atoms with Crippen LogP contribution in [0.5, 0.6) is 0 Å². The average Bonchev–Trinajstić information content (AvgIpc) is 3.16. The molecule has 0 fully saturated rings. The van der Waals surface area contributed by atoms with Gasteiger partial charge in [-0.25, -0.2) is 0 Å². The minimum atomic E-state index is 0.0187. The lowest BCUT2D eigenvalue weighted by molar-refractivity contribution is 0.0967. The smallest absolute Gasteiger partial charge is 0.261 e. The van der Waals surface area contributed by atoms with Crippen molar-refractivity contribution in [1.82, 2.24) is 25.3 Å². The standard InChI is InChI=1S/C16H21N5OS/c1-17-16(22)15-6-11-9-20(4-2-14(11)23-15)10-12-7-13-8-18-3-5-21(13)19-12/h6-7,18H,2-5,8-10H2,1H3,(H,17,22). The van der Waals surface area contributed by atoms with Crippen molar-refractivity contribution >= 4 is 17.2 Å². The highest BCUT2D eigenvalue weighted by atomic mass is 32.1. The topological polar surface area (TPSA) is 62.2 Å². The van der Waals surface area contributed by atoms with Crippen molar-refractivity contribution in [3.05, 3.63) is 38.8 Å². The van der Waals surface area contributed by atoms with E-state index in [0.29, 0.717) is 0 Å². The van der Waals surface area contributed by atoms with E-state index in [0.717, 1.165) is 56.3 Å². The molecule has 0 unspecified atom stereocenters. The fourth-order valence-corrected chi connectivity index (χ4v) is 4.43. The molecule has 2 aromatic heterocycles. The molecule has 4 heterocycles. The summed E-state index contributed by atoms with van der Waals surface area (Å²) in [6.45, 7) is 5.68. The summed E-state index contributed by atoms with van der Waals surface area (Å²) in [6, 6.07) is 4.26. The Bertz CT molecular complexity index is 711. The third-order valence-electron chi connectivity index (χ3n) is 4.50. The molecule has 1 amide bonds. The van der Waals surface area contributed by atoms with E-state index in [9.17, 15) is 4.79 Å². The van der Waals surface area contributed by atoms with Gasteiger partial charge in [-0.1, -0.05) is 0 Å². The second-order valence-corrected chi connectivity index (χ2v) is 7.26. The van der Waals surface area contributed by atoms with Gasteiger partial charge in [-0.2, -0.15) is 5.10 Å². The van der Waals surface area contributed by atoms with Crippen molar-refractivity contribution in [2.45, 2.75) is 32.6 Å². The van der Waals surface area contributed by atoms with Crippen LogP contribution in [0.4, 0.5) is 0 Å². The molecule has 23 heavy (non-hydrogen) atoms. The maximum atomic E-state index is 11.8. The molecule has 2 aliphatic rings. The van der Waals surface area contributed by atoms with Gasteiger partial charge in [-0.05, 0) is 24.1 Å². The number of fused-ring (bicyclic) bond motifs is 2. The summed E-state index contributed by atoms with van der Waals surface area (Å²) in [4.78, 5) is 16.4. The highest BCUT2D eigenvalue weighted by Gasteiger charge is 2.22. The molecule has 0 aromatic carbocycles. The number of hydrogen-bond donors (Lipinski definition) is 2. The second kappa shape index (κ2) is 6.07. The Kier molecular flexibility index (Phi) is 3.92. The zero-order chi connectivity index (χ0) is 15.8. The number of carbonyl (C=O) groups is 1. The Balaban J connectivity index is 1.46. The van der Waals surface area contributed by atoms with Gasteiger partial charge in [0.2, 0.25) is 0 Å². The van der Waals surface area contributed by atoms with E-state index < -0.39 is 0 Å². The summed E-state index contributed by atoms with van der Waals surface area (Å²) >= 11 is 1.63. The molecule has 2 N–H and O–H groups in total. The van der Waals surface area contributed by atoms with Crippen molar-refractivity contribution in [3.8, 4) is 0 Å². The van der Waals surface area contributed by atoms with Gasteiger partial charge in [0.05, 0.1) is 22.8 Å². The molecule has 0 saturated carbocycles. The summed E-state index contributed by atoms with van der Waals surface area (Å²) in [6.07, 6.45) is 1.02. The van der Waals surface area contributed by atoms with Crippen molar-refractivity contribution in [3.63, 3.8) is 0 Å². The lowest BCUT2D eigenvalue weighted by Crippen LogP contribution is -2.29. The number of aromatic nitrogens is 2. The molecule has 0 spiro atoms. The molecule has 0 radical (unpaired) electrons. The highest BCUT2D eigenvalue weighted by molar-refractivity contribution is 7.14. The molecule has 0 saturated heterocycles. The number of rotatable bonds is 3. The quantitative estimate of drug-likeness (QED) is 0.880. The summed E-state index contributed by atoms with van der Waals surface area (Å²) < 4.78 is 2.12. The lowest BCUT2D eigenvalue weighted by Gasteiger charge is -2.25. The summed E-state index contributed by atoms with van der Waals surface area (Å²) in [7, 11) is 1.68. The first-order chi connectivity index (χ1) is 11.2. The summed E-state index contributed by atoms with van der Waals surface area (Å²) in [5.74, 6) is 0.0187. The van der Waals surface area contributed by atoms with Gasteiger partial charge in [0, 0.05) is 44.6 Å². The molecule has 0 aliphatic carbocycles. The second-order valence-electron chi connectivity index (χ2n) is 6.13. The van der Waals surface area contributed by atoms with Crippen molar-refractivity contribution in [2.75, 3.05) is 20.1 Å². The van der Waals surface area contributed by atoms with Crippen molar-refractivity contribution in [2.24, 2.45) is 0 Å². The molecular weight excluding hydrogens is 310 g/mol. The van der Waals surface area contributed by atoms with Crippen LogP contribution in [0.3, 0.4) is 0 Å². The molecular formula is C16H21N5OS. The SMILES string of the molecule is CNC(=O)c1cc2c(s1)CCN(Cc1cc3n(n1)CCNC3)C2. The summed E-state index contributed by atoms with van der Waals surface area (Å²) in [5.41, 5.74) is 3.72. The van der Waals surface area contributed by atoms with Crippen LogP contribution in [-0.2, 0) is 32.6 Å². The van der Waals surface area contributed by atoms with Crippen LogP contribution in [-0.4, -0.2) is 40.7 Å². The van der Waals surface area contributed by atoms with E-state index in [4.69, 9.17) is 5.10 Å². The van der Waals surface area contributed by atoms with E-state index in [1.54, 1.807) is 18.4 Å². The number of nitrogens with one attached hydrogen (secondary N) is 2. The molecule has 7 heteroatoms. The van der Waals surface area contributed by atoms with Crippen LogP contribution in [0.2, 0.25) is 0 Å². The van der Waals surface area contributed by atoms with E-state index in [1.807, 2.05) is 6.07 Å². The van der Waals surface area contributed by atoms with Gasteiger partial charge in [-0.3, -0.25) is 14.4 Å². The van der Waals surface area contributed by atoms with Gasteiger partial charge >= 0.3 is 0 Å². The van der Waals surface area contributed by atoms with Gasteiger partial charge < -0.3 is 10.6 Å². The van der Waals surface area contributed by atoms with Gasteiger partial charge in [0.15, 0.2) is 0 Å². The normalized spacial score (nSPS) is 17.6. The van der Waals surface area contributed by atoms with E-state index in [2.05, 4.69) is 26.3 Å². The first-order valence-corrected chi connectivity index (χ1v) is 8.87. The van der Waals surface area contributed by atoms with Gasteiger partial charge in [0.1, 0.15) is 0 Å². The van der Waals surface area contributed by atoms with Crippen LogP contribution in [0, 0.1) is 0 Å². The third kappa shape index (κ3) is 2.91. The highest BCUT2D eigenvalue weighted by Crippen LogP contribution is 2.28. The number of amides is 1. The number of carbonyl (C=O) groups excluding carboxylic acids is 1. The maximum absolute atomic E-state index is 11.8. The predicted octanol–water partition coefficient (Wildman–Crippen LogP) is 0.966. The first kappa shape index (κ1) is 14.9. The molecule has 0 atom stereocenters. The zero-order valence-corrected chi connectivity index (χ0v) is 14.1. The first-order valence-electron chi connectivity index (χ1n) is 8.05. The van der Waals surface area contributed by atoms with Crippen molar-refractivity contribution < 1.29 is 4.79 Å². The lowest BCUT2D eigenvalue weighted by atomic mass is 10.1. The van der Waals surface area contributed by atoms with Crippen LogP contribution in [0.25, 0.3) is 0 Å². The Morgan fingerprint density at radius 1 is 1.43 bits per heavy atom. The van der Waals surface area contributed by atoms with Crippen LogP contribution in [0.15, 0.2) is 12.1 Å². The van der Waals surface area contributed by atoms with E-state index >= 15 is 0 Å². The minimum absolute atomic E-state index is 0.0187. The van der Waals surface area contributed by atoms with Crippen molar-refractivity contribution in [1.29, 1.82) is 0 Å². The molecule has 122 valence electrons. The Morgan fingerprint density at radius 3 is 3.17 bits per heavy atom. The third-order valence-corrected chi connectivity index (χ3v) is 5.74. The fraction of sp³-hybridized carbons (Fsp3) is 0.500. The summed E-state index contributed by atoms with van der Waals surface area (Å²) in [5, 5.41) is 10.8. The van der Waals surface area contributed by atoms with Crippen LogP contribution >= 0.6 is 11.3 Å². The molecule has 0 bridgehead atoms. The molecule has 2 aliphatic heterocycles. The zero-order valence-electron chi connectivity index (χ0n) is 13.3. The number of nitrogens with zero attached hydrogens (tertiary/aromatic N) is 3. The van der Waals surface area contributed by atoms with Gasteiger partial charge in [-0.15, -0.1) is 11.3 Å². The molecule has 4 rings (SSSR count). The van der Waals surface area contributed by atoms with Gasteiger partial charge in [0.25, 0.3) is 5.91 Å². The van der Waals surface area contributed by atoms with E-state index in [-0.39, 0.29) is 5.91 Å². The average molecular weight is 331 g/mol. The minimum Gasteiger partial charge on any atom is -0.354 e.